The maximum atomic E-state index is 14.0. The van der Waals surface area contributed by atoms with Gasteiger partial charge in [0.1, 0.15) is 31.9 Å². The second-order valence-electron chi connectivity index (χ2n) is 11.4. The molecule has 4 atom stereocenters. The Morgan fingerprint density at radius 2 is 1.97 bits per heavy atom. The first-order valence-electron chi connectivity index (χ1n) is 13.1. The summed E-state index contributed by atoms with van der Waals surface area (Å²) in [6.45, 7) is 7.98. The van der Waals surface area contributed by atoms with Crippen LogP contribution in [-0.2, 0) is 37.4 Å². The van der Waals surface area contributed by atoms with E-state index in [0.717, 1.165) is 41.6 Å². The Bertz CT molecular complexity index is 1570. The van der Waals surface area contributed by atoms with Gasteiger partial charge >= 0.3 is 5.97 Å². The molecule has 2 aromatic rings. The topological polar surface area (TPSA) is 124 Å². The second-order valence-corrected chi connectivity index (χ2v) is 13.2. The molecule has 0 aromatic heterocycles. The van der Waals surface area contributed by atoms with E-state index >= 15 is 0 Å². The highest BCUT2D eigenvalue weighted by Crippen LogP contribution is 2.51. The lowest BCUT2D eigenvalue weighted by molar-refractivity contribution is -0.953. The van der Waals surface area contributed by atoms with E-state index in [2.05, 4.69) is 0 Å². The van der Waals surface area contributed by atoms with Crippen molar-refractivity contribution in [3.8, 4) is 0 Å². The molecule has 0 aliphatic carbocycles. The lowest BCUT2D eigenvalue weighted by atomic mass is 9.78. The molecule has 0 radical (unpaired) electrons. The van der Waals surface area contributed by atoms with Gasteiger partial charge in [-0.1, -0.05) is 19.1 Å². The Morgan fingerprint density at radius 1 is 1.24 bits per heavy atom. The van der Waals surface area contributed by atoms with Crippen LogP contribution in [0.2, 0.25) is 0 Å². The van der Waals surface area contributed by atoms with Gasteiger partial charge in [0.05, 0.1) is 48.4 Å². The van der Waals surface area contributed by atoms with Crippen LogP contribution in [0.25, 0.3) is 10.8 Å². The summed E-state index contributed by atoms with van der Waals surface area (Å²) in [6.07, 6.45) is -0.922. The van der Waals surface area contributed by atoms with Crippen molar-refractivity contribution in [2.45, 2.75) is 44.0 Å². The monoisotopic (exact) mass is 540 g/mol. The van der Waals surface area contributed by atoms with Gasteiger partial charge in [-0.15, -0.1) is 0 Å². The third-order valence-electron chi connectivity index (χ3n) is 9.39. The molecule has 1 spiro atoms. The molecule has 11 heteroatoms. The minimum atomic E-state index is -3.96. The minimum Gasteiger partial charge on any atom is -0.477 e. The fourth-order valence-electron chi connectivity index (χ4n) is 7.51. The number of sulfonamides is 1. The molecular formula is C27H30N3O7S+. The summed E-state index contributed by atoms with van der Waals surface area (Å²) in [5, 5.41) is 21.8. The van der Waals surface area contributed by atoms with E-state index in [1.54, 1.807) is 13.0 Å². The zero-order chi connectivity index (χ0) is 26.7. The van der Waals surface area contributed by atoms with Crippen LogP contribution in [0.4, 0.5) is 5.69 Å². The standard InChI is InChI=1S/C27H29N3O7S/c1-14-18(25(27(33)34)29-24(14)22(15(2)31)26(29)32)11-28-20-5-3-4-17-19-13-30(6-8-37-9-7-30)12-16(19)10-21(23(17)20)38(28,35)36/h3-5,10,14-15,22,24,31H,6-9,11-13H2,1-2H3/p+1/t14-,15+,22+,24+/m0/s1. The molecule has 2 aromatic carbocycles. The summed E-state index contributed by atoms with van der Waals surface area (Å²) >= 11 is 0. The highest BCUT2D eigenvalue weighted by atomic mass is 32.2. The lowest BCUT2D eigenvalue weighted by Gasteiger charge is -2.46. The number of carbonyl (C=O) groups is 2. The van der Waals surface area contributed by atoms with Gasteiger partial charge in [-0.05, 0) is 30.0 Å². The summed E-state index contributed by atoms with van der Waals surface area (Å²) < 4.78 is 35.8. The number of anilines is 1. The van der Waals surface area contributed by atoms with E-state index in [4.69, 9.17) is 4.74 Å². The molecule has 200 valence electrons. The molecule has 5 aliphatic heterocycles. The zero-order valence-corrected chi connectivity index (χ0v) is 22.1. The Balaban J connectivity index is 1.32. The number of hydrogen-bond acceptors (Lipinski definition) is 6. The first kappa shape index (κ1) is 24.1. The predicted octanol–water partition coefficient (Wildman–Crippen LogP) is 1.41. The third kappa shape index (κ3) is 2.95. The normalized spacial score (nSPS) is 29.1. The first-order chi connectivity index (χ1) is 18.1. The highest BCUT2D eigenvalue weighted by Gasteiger charge is 2.60. The van der Waals surface area contributed by atoms with Gasteiger partial charge in [0.15, 0.2) is 0 Å². The van der Waals surface area contributed by atoms with Crippen LogP contribution < -0.4 is 4.31 Å². The number of carboxylic acid groups (broad SMARTS) is 1. The fourth-order valence-corrected chi connectivity index (χ4v) is 9.23. The van der Waals surface area contributed by atoms with Crippen molar-refractivity contribution >= 4 is 38.4 Å². The Hall–Kier alpha value is -2.99. The molecule has 5 heterocycles. The van der Waals surface area contributed by atoms with Crippen molar-refractivity contribution in [2.75, 3.05) is 37.2 Å². The summed E-state index contributed by atoms with van der Waals surface area (Å²) in [5.41, 5.74) is 2.99. The van der Waals surface area contributed by atoms with E-state index in [9.17, 15) is 28.2 Å². The highest BCUT2D eigenvalue weighted by molar-refractivity contribution is 7.93. The zero-order valence-electron chi connectivity index (χ0n) is 21.3. The number of quaternary nitrogens is 1. The number of benzene rings is 2. The molecule has 2 saturated heterocycles. The average Bonchev–Trinajstić information content (AvgIpc) is 3.41. The van der Waals surface area contributed by atoms with Crippen molar-refractivity contribution in [1.29, 1.82) is 0 Å². The number of fused-ring (bicyclic) bond motifs is 3. The van der Waals surface area contributed by atoms with Crippen LogP contribution in [0.15, 0.2) is 40.4 Å². The molecule has 10 nitrogen and oxygen atoms in total. The first-order valence-corrected chi connectivity index (χ1v) is 14.5. The van der Waals surface area contributed by atoms with Crippen LogP contribution >= 0.6 is 0 Å². The van der Waals surface area contributed by atoms with Crippen LogP contribution in [0, 0.1) is 11.8 Å². The Labute approximate surface area is 220 Å². The number of rotatable bonds is 4. The van der Waals surface area contributed by atoms with Crippen molar-refractivity contribution in [2.24, 2.45) is 11.8 Å². The van der Waals surface area contributed by atoms with Crippen LogP contribution in [0.5, 0.6) is 0 Å². The van der Waals surface area contributed by atoms with Gasteiger partial charge in [0.25, 0.3) is 10.0 Å². The average molecular weight is 541 g/mol. The molecule has 0 bridgehead atoms. The van der Waals surface area contributed by atoms with E-state index in [-0.39, 0.29) is 17.1 Å². The molecule has 2 N–H and O–H groups in total. The molecule has 0 unspecified atom stereocenters. The van der Waals surface area contributed by atoms with E-state index in [0.29, 0.717) is 29.9 Å². The SMILES string of the molecule is C[C@@H](O)[C@H]1C(=O)N2C(C(=O)O)=C(CN3c4cccc5c6c(cc(c45)S3(=O)=O)C[N+]3(CCOCC3)C6)[C@H](C)[C@H]12. The van der Waals surface area contributed by atoms with Gasteiger partial charge < -0.3 is 24.3 Å². The quantitative estimate of drug-likeness (QED) is 0.444. The van der Waals surface area contributed by atoms with Gasteiger partial charge in [0.2, 0.25) is 5.91 Å². The number of carbonyl (C=O) groups excluding carboxylic acids is 1. The number of aliphatic carboxylic acids is 1. The fraction of sp³-hybridized carbons (Fsp3) is 0.481. The molecule has 38 heavy (non-hydrogen) atoms. The molecular weight excluding hydrogens is 510 g/mol. The predicted molar refractivity (Wildman–Crippen MR) is 136 cm³/mol. The number of aliphatic hydroxyl groups is 1. The van der Waals surface area contributed by atoms with Crippen molar-refractivity contribution in [3.05, 3.63) is 46.7 Å². The minimum absolute atomic E-state index is 0.159. The number of amides is 1. The van der Waals surface area contributed by atoms with Crippen LogP contribution in [-0.4, -0.2) is 84.9 Å². The lowest BCUT2D eigenvalue weighted by Crippen LogP contribution is -2.63. The number of ether oxygens (including phenoxy) is 1. The van der Waals surface area contributed by atoms with Gasteiger partial charge in [-0.2, -0.15) is 0 Å². The van der Waals surface area contributed by atoms with Gasteiger partial charge in [-0.25, -0.2) is 13.2 Å². The van der Waals surface area contributed by atoms with Gasteiger partial charge in [-0.3, -0.25) is 9.10 Å². The van der Waals surface area contributed by atoms with E-state index in [1.165, 1.54) is 21.7 Å². The molecule has 7 rings (SSSR count). The summed E-state index contributed by atoms with van der Waals surface area (Å²) in [5.74, 6) is -2.81. The molecule has 5 aliphatic rings. The van der Waals surface area contributed by atoms with Crippen molar-refractivity contribution in [1.82, 2.24) is 4.90 Å². The van der Waals surface area contributed by atoms with Gasteiger partial charge in [0, 0.05) is 22.4 Å². The molecule has 1 amide bonds. The largest absolute Gasteiger partial charge is 0.477 e. The number of morpholine rings is 1. The smallest absolute Gasteiger partial charge is 0.352 e. The maximum Gasteiger partial charge on any atom is 0.352 e. The Morgan fingerprint density at radius 3 is 2.66 bits per heavy atom. The summed E-state index contributed by atoms with van der Waals surface area (Å²) in [4.78, 5) is 26.6. The Kier molecular flexibility index (Phi) is 4.93. The van der Waals surface area contributed by atoms with Crippen molar-refractivity contribution < 1.29 is 37.4 Å². The summed E-state index contributed by atoms with van der Waals surface area (Å²) in [6, 6.07) is 6.95. The number of hydrogen-bond donors (Lipinski definition) is 2. The number of nitrogens with zero attached hydrogens (tertiary/aromatic N) is 3. The van der Waals surface area contributed by atoms with Crippen LogP contribution in [0.1, 0.15) is 25.0 Å². The molecule has 0 saturated carbocycles. The maximum absolute atomic E-state index is 14.0. The second kappa shape index (κ2) is 7.78. The van der Waals surface area contributed by atoms with Crippen LogP contribution in [0.3, 0.4) is 0 Å². The third-order valence-corrected chi connectivity index (χ3v) is 11.2. The summed E-state index contributed by atoms with van der Waals surface area (Å²) in [7, 11) is -3.96. The van der Waals surface area contributed by atoms with Crippen molar-refractivity contribution in [3.63, 3.8) is 0 Å². The molecule has 2 fully saturated rings. The van der Waals surface area contributed by atoms with E-state index < -0.39 is 45.9 Å². The number of β-lactam (4-membered cyclic amide) rings is 1. The number of carboxylic acids is 1. The number of aliphatic hydroxyl groups excluding tert-OH is 1. The van der Waals surface area contributed by atoms with E-state index in [1.807, 2.05) is 18.2 Å².